The molecule has 0 aliphatic carbocycles. The highest BCUT2D eigenvalue weighted by atomic mass is 35.5. The number of nitrogens with zero attached hydrogens (tertiary/aromatic N) is 1. The van der Waals surface area contributed by atoms with Gasteiger partial charge in [0.05, 0.1) is 10.7 Å². The second-order valence-electron chi connectivity index (χ2n) is 9.16. The fraction of sp³-hybridized carbons (Fsp3) is 0.172. The van der Waals surface area contributed by atoms with E-state index >= 15 is 0 Å². The molecule has 214 valence electrons. The summed E-state index contributed by atoms with van der Waals surface area (Å²) in [6.07, 6.45) is -7.98. The van der Waals surface area contributed by atoms with E-state index in [1.54, 1.807) is 24.3 Å². The third-order valence-corrected chi connectivity index (χ3v) is 6.26. The number of anilines is 1. The van der Waals surface area contributed by atoms with Crippen molar-refractivity contribution in [1.29, 1.82) is 0 Å². The lowest BCUT2D eigenvalue weighted by molar-refractivity contribution is -0.253. The maximum Gasteiger partial charge on any atom is 0.461 e. The van der Waals surface area contributed by atoms with Gasteiger partial charge in [0.1, 0.15) is 22.9 Å². The molecule has 1 unspecified atom stereocenters. The molecule has 0 spiro atoms. The molecule has 12 heteroatoms. The number of benzene rings is 3. The highest BCUT2D eigenvalue weighted by Crippen LogP contribution is 2.37. The smallest absolute Gasteiger partial charge is 0.428 e. The molecule has 0 fully saturated rings. The van der Waals surface area contributed by atoms with Crippen LogP contribution in [0.2, 0.25) is 5.02 Å². The molecule has 41 heavy (non-hydrogen) atoms. The topological polar surface area (TPSA) is 63.2 Å². The van der Waals surface area contributed by atoms with Crippen molar-refractivity contribution >= 4 is 23.3 Å². The van der Waals surface area contributed by atoms with Crippen LogP contribution in [0.1, 0.15) is 22.4 Å². The fourth-order valence-corrected chi connectivity index (χ4v) is 4.27. The lowest BCUT2D eigenvalue weighted by Gasteiger charge is -2.36. The number of halogens is 7. The number of pyridine rings is 1. The predicted molar refractivity (Wildman–Crippen MR) is 141 cm³/mol. The summed E-state index contributed by atoms with van der Waals surface area (Å²) < 4.78 is 86.2. The van der Waals surface area contributed by atoms with Gasteiger partial charge in [0.25, 0.3) is 0 Å². The zero-order chi connectivity index (χ0) is 29.8. The van der Waals surface area contributed by atoms with E-state index in [-0.39, 0.29) is 28.4 Å². The quantitative estimate of drug-likeness (QED) is 0.194. The van der Waals surface area contributed by atoms with E-state index in [1.807, 2.05) is 6.92 Å². The second-order valence-corrected chi connectivity index (χ2v) is 9.60. The van der Waals surface area contributed by atoms with Crippen LogP contribution >= 0.6 is 11.6 Å². The van der Waals surface area contributed by atoms with Crippen LogP contribution in [0.15, 0.2) is 85.1 Å². The van der Waals surface area contributed by atoms with Crippen LogP contribution in [0, 0.1) is 18.6 Å². The number of urea groups is 1. The normalized spacial score (nSPS) is 13.0. The molecule has 0 aliphatic rings. The summed E-state index contributed by atoms with van der Waals surface area (Å²) in [5.41, 5.74) is -0.288. The fourth-order valence-electron chi connectivity index (χ4n) is 4.15. The average molecular weight is 594 g/mol. The van der Waals surface area contributed by atoms with Crippen LogP contribution in [0.25, 0.3) is 0 Å². The third-order valence-electron chi connectivity index (χ3n) is 6.04. The summed E-state index contributed by atoms with van der Waals surface area (Å²) in [5, 5.41) is 5.42. The van der Waals surface area contributed by atoms with Crippen LogP contribution in [-0.4, -0.2) is 23.5 Å². The zero-order valence-electron chi connectivity index (χ0n) is 21.3. The molecule has 1 heterocycles. The molecule has 1 aromatic heterocycles. The molecule has 3 aromatic carbocycles. The number of amides is 2. The standard InChI is InChI=1S/C29H22ClF6N3O2/c1-17-5-7-18(8-6-17)15-28(25-10-9-20(30)16-37-25,39-27(40)38-23-4-2-3-21(31)13-23)19-11-22(32)14-24(12-19)41-29(35,36)26(33)34/h2-14,16,26H,15H2,1H3,(H2,38,39,40). The lowest BCUT2D eigenvalue weighted by Crippen LogP contribution is -2.50. The summed E-state index contributed by atoms with van der Waals surface area (Å²) in [6, 6.07) is 16.4. The number of alkyl halides is 4. The average Bonchev–Trinajstić information content (AvgIpc) is 2.89. The molecule has 0 saturated heterocycles. The summed E-state index contributed by atoms with van der Waals surface area (Å²) in [7, 11) is 0. The number of aryl methyl sites for hydroxylation is 1. The van der Waals surface area contributed by atoms with Gasteiger partial charge in [-0.15, -0.1) is 0 Å². The van der Waals surface area contributed by atoms with Gasteiger partial charge in [-0.25, -0.2) is 13.6 Å². The first-order valence-corrected chi connectivity index (χ1v) is 12.4. The highest BCUT2D eigenvalue weighted by Gasteiger charge is 2.45. The highest BCUT2D eigenvalue weighted by molar-refractivity contribution is 6.30. The Labute approximate surface area is 236 Å². The Morgan fingerprint density at radius 3 is 2.34 bits per heavy atom. The molecule has 2 N–H and O–H groups in total. The van der Waals surface area contributed by atoms with E-state index in [2.05, 4.69) is 20.4 Å². The van der Waals surface area contributed by atoms with Gasteiger partial charge in [-0.3, -0.25) is 4.98 Å². The Morgan fingerprint density at radius 1 is 0.976 bits per heavy atom. The number of aromatic nitrogens is 1. The minimum atomic E-state index is -4.93. The van der Waals surface area contributed by atoms with Crippen LogP contribution < -0.4 is 15.4 Å². The van der Waals surface area contributed by atoms with Gasteiger partial charge in [-0.2, -0.15) is 17.6 Å². The van der Waals surface area contributed by atoms with E-state index < -0.39 is 41.5 Å². The van der Waals surface area contributed by atoms with Crippen molar-refractivity contribution in [3.05, 3.63) is 124 Å². The number of hydrogen-bond donors (Lipinski definition) is 2. The predicted octanol–water partition coefficient (Wildman–Crippen LogP) is 7.87. The monoisotopic (exact) mass is 593 g/mol. The molecule has 0 saturated carbocycles. The minimum absolute atomic E-state index is 0.0793. The van der Waals surface area contributed by atoms with Crippen molar-refractivity contribution in [2.75, 3.05) is 5.32 Å². The van der Waals surface area contributed by atoms with Gasteiger partial charge in [0.2, 0.25) is 0 Å². The van der Waals surface area contributed by atoms with Crippen LogP contribution in [-0.2, 0) is 12.0 Å². The Kier molecular flexibility index (Phi) is 8.77. The Balaban J connectivity index is 1.89. The van der Waals surface area contributed by atoms with E-state index in [1.165, 1.54) is 36.5 Å². The van der Waals surface area contributed by atoms with Crippen molar-refractivity contribution < 1.29 is 35.9 Å². The van der Waals surface area contributed by atoms with Crippen molar-refractivity contribution in [3.8, 4) is 5.75 Å². The largest absolute Gasteiger partial charge is 0.461 e. The number of hydrogen-bond acceptors (Lipinski definition) is 3. The minimum Gasteiger partial charge on any atom is -0.428 e. The summed E-state index contributed by atoms with van der Waals surface area (Å²) in [6.45, 7) is 1.85. The van der Waals surface area contributed by atoms with E-state index in [0.29, 0.717) is 11.6 Å². The number of ether oxygens (including phenoxy) is 1. The number of rotatable bonds is 9. The Bertz CT molecular complexity index is 1520. The molecule has 0 radical (unpaired) electrons. The first kappa shape index (κ1) is 29.7. The first-order valence-electron chi connectivity index (χ1n) is 12.0. The third kappa shape index (κ3) is 7.29. The van der Waals surface area contributed by atoms with E-state index in [9.17, 15) is 31.1 Å². The molecule has 1 atom stereocenters. The SMILES string of the molecule is Cc1ccc(CC(NC(=O)Nc2cccc(F)c2)(c2cc(F)cc(OC(F)(F)C(F)F)c2)c2ccc(Cl)cn2)cc1. The lowest BCUT2D eigenvalue weighted by atomic mass is 9.80. The van der Waals surface area contributed by atoms with Crippen molar-refractivity contribution in [3.63, 3.8) is 0 Å². The second kappa shape index (κ2) is 12.1. The first-order chi connectivity index (χ1) is 19.4. The van der Waals surface area contributed by atoms with Gasteiger partial charge in [0.15, 0.2) is 0 Å². The van der Waals surface area contributed by atoms with Gasteiger partial charge in [-0.05, 0) is 60.5 Å². The van der Waals surface area contributed by atoms with Gasteiger partial charge >= 0.3 is 18.6 Å². The van der Waals surface area contributed by atoms with Gasteiger partial charge < -0.3 is 15.4 Å². The number of nitrogens with one attached hydrogen (secondary N) is 2. The molecule has 4 aromatic rings. The maximum absolute atomic E-state index is 14.9. The van der Waals surface area contributed by atoms with Gasteiger partial charge in [-0.1, -0.05) is 47.5 Å². The molecular formula is C29H22ClF6N3O2. The Hall–Kier alpha value is -4.25. The van der Waals surface area contributed by atoms with E-state index in [0.717, 1.165) is 23.8 Å². The van der Waals surface area contributed by atoms with Crippen LogP contribution in [0.5, 0.6) is 5.75 Å². The van der Waals surface area contributed by atoms with Crippen molar-refractivity contribution in [2.45, 2.75) is 31.4 Å². The van der Waals surface area contributed by atoms with E-state index in [4.69, 9.17) is 11.6 Å². The molecule has 4 rings (SSSR count). The number of carbonyl (C=O) groups is 1. The molecule has 0 aliphatic heterocycles. The van der Waals surface area contributed by atoms with Gasteiger partial charge in [0, 0.05) is 24.4 Å². The zero-order valence-corrected chi connectivity index (χ0v) is 22.0. The summed E-state index contributed by atoms with van der Waals surface area (Å²) in [4.78, 5) is 17.7. The molecule has 0 bridgehead atoms. The summed E-state index contributed by atoms with van der Waals surface area (Å²) in [5.74, 6) is -2.66. The van der Waals surface area contributed by atoms with Crippen molar-refractivity contribution in [1.82, 2.24) is 10.3 Å². The van der Waals surface area contributed by atoms with Crippen LogP contribution in [0.3, 0.4) is 0 Å². The van der Waals surface area contributed by atoms with Crippen molar-refractivity contribution in [2.24, 2.45) is 0 Å². The number of carbonyl (C=O) groups excluding carboxylic acids is 1. The van der Waals surface area contributed by atoms with Crippen LogP contribution in [0.4, 0.5) is 36.8 Å². The molecular weight excluding hydrogens is 572 g/mol. The Morgan fingerprint density at radius 2 is 1.71 bits per heavy atom. The molecule has 5 nitrogen and oxygen atoms in total. The summed E-state index contributed by atoms with van der Waals surface area (Å²) >= 11 is 6.03. The molecule has 2 amide bonds. The maximum atomic E-state index is 14.9.